The molecule has 0 aromatic carbocycles. The average molecular weight is 435 g/mol. The highest BCUT2D eigenvalue weighted by Crippen LogP contribution is 2.70. The number of Topliss-reactive ketones (excluding diaryl/α,β-unsaturated/α-hetero) is 1. The zero-order valence-corrected chi connectivity index (χ0v) is 18.5. The summed E-state index contributed by atoms with van der Waals surface area (Å²) in [4.78, 5) is 36.2. The van der Waals surface area contributed by atoms with Crippen molar-refractivity contribution in [1.82, 2.24) is 0 Å². The third-order valence-electron chi connectivity index (χ3n) is 9.05. The van der Waals surface area contributed by atoms with Crippen LogP contribution in [-0.2, 0) is 19.1 Å². The molecule has 4 aliphatic carbocycles. The van der Waals surface area contributed by atoms with Gasteiger partial charge in [-0.15, -0.1) is 0 Å². The Kier molecular flexibility index (Phi) is 4.91. The van der Waals surface area contributed by atoms with Gasteiger partial charge in [-0.25, -0.2) is 4.39 Å². The Balaban J connectivity index is 1.76. The molecule has 170 valence electrons. The summed E-state index contributed by atoms with van der Waals surface area (Å²) in [5.74, 6) is -2.80. The van der Waals surface area contributed by atoms with Crippen molar-refractivity contribution in [2.45, 2.75) is 70.8 Å². The lowest BCUT2D eigenvalue weighted by Gasteiger charge is -2.62. The van der Waals surface area contributed by atoms with Gasteiger partial charge in [0.25, 0.3) is 0 Å². The Bertz CT molecular complexity index is 910. The van der Waals surface area contributed by atoms with E-state index < -0.39 is 58.4 Å². The second kappa shape index (κ2) is 6.82. The third-order valence-corrected chi connectivity index (χ3v) is 9.05. The minimum Gasteiger partial charge on any atom is -0.458 e. The van der Waals surface area contributed by atoms with E-state index in [1.54, 1.807) is 26.8 Å². The van der Waals surface area contributed by atoms with Gasteiger partial charge in [-0.1, -0.05) is 25.5 Å². The first-order valence-corrected chi connectivity index (χ1v) is 11.0. The van der Waals surface area contributed by atoms with Crippen LogP contribution in [0.25, 0.3) is 0 Å². The molecule has 0 spiro atoms. The number of hydrogen-bond acceptors (Lipinski definition) is 6. The van der Waals surface area contributed by atoms with Crippen LogP contribution in [0.15, 0.2) is 23.8 Å². The zero-order valence-electron chi connectivity index (χ0n) is 18.5. The van der Waals surface area contributed by atoms with Crippen molar-refractivity contribution >= 4 is 17.5 Å². The first-order valence-electron chi connectivity index (χ1n) is 11.0. The molecule has 3 saturated carbocycles. The number of carbonyl (C=O) groups is 3. The van der Waals surface area contributed by atoms with Gasteiger partial charge in [0.2, 0.25) is 5.78 Å². The summed E-state index contributed by atoms with van der Waals surface area (Å²) in [7, 11) is 0. The molecule has 0 heterocycles. The number of esters is 1. The van der Waals surface area contributed by atoms with Crippen molar-refractivity contribution < 1.29 is 33.7 Å². The number of carbonyl (C=O) groups excluding carboxylic acids is 3. The van der Waals surface area contributed by atoms with E-state index in [1.807, 2.05) is 0 Å². The molecule has 0 amide bonds. The molecule has 4 rings (SSSR count). The van der Waals surface area contributed by atoms with E-state index >= 15 is 4.39 Å². The molecule has 2 N–H and O–H groups in total. The Morgan fingerprint density at radius 3 is 2.61 bits per heavy atom. The lowest BCUT2D eigenvalue weighted by Crippen LogP contribution is -2.69. The van der Waals surface area contributed by atoms with E-state index in [-0.39, 0.29) is 18.1 Å². The standard InChI is InChI=1S/C24H31FO6/c1-13-9-18-17-6-5-15-10-16(27)7-8-21(15,3)23(17,25)19(28)11-22(18,4)24(13,30)20(29)12-31-14(2)26/h7-8,10,13,17-19,28,30H,5-6,9,11-12H2,1-4H3/t13-,17+,18?,19?,21+,22+,23+,24+/m1/s1. The summed E-state index contributed by atoms with van der Waals surface area (Å²) >= 11 is 0. The van der Waals surface area contributed by atoms with Gasteiger partial charge in [-0.2, -0.15) is 0 Å². The number of aliphatic hydroxyl groups is 2. The van der Waals surface area contributed by atoms with E-state index in [9.17, 15) is 24.6 Å². The van der Waals surface area contributed by atoms with Crippen molar-refractivity contribution in [3.8, 4) is 0 Å². The minimum absolute atomic E-state index is 0.0953. The van der Waals surface area contributed by atoms with Crippen molar-refractivity contribution in [3.63, 3.8) is 0 Å². The van der Waals surface area contributed by atoms with Crippen molar-refractivity contribution in [2.75, 3.05) is 6.61 Å². The highest BCUT2D eigenvalue weighted by Gasteiger charge is 2.75. The van der Waals surface area contributed by atoms with Gasteiger partial charge >= 0.3 is 5.97 Å². The molecular weight excluding hydrogens is 403 g/mol. The summed E-state index contributed by atoms with van der Waals surface area (Å²) in [6.45, 7) is 5.89. The molecule has 0 radical (unpaired) electrons. The van der Waals surface area contributed by atoms with Crippen molar-refractivity contribution in [2.24, 2.45) is 28.6 Å². The largest absolute Gasteiger partial charge is 0.458 e. The number of ketones is 2. The van der Waals surface area contributed by atoms with Crippen LogP contribution in [0.4, 0.5) is 4.39 Å². The van der Waals surface area contributed by atoms with E-state index in [0.717, 1.165) is 0 Å². The van der Waals surface area contributed by atoms with Gasteiger partial charge < -0.3 is 14.9 Å². The van der Waals surface area contributed by atoms with E-state index in [0.29, 0.717) is 24.8 Å². The fraction of sp³-hybridized carbons (Fsp3) is 0.708. The smallest absolute Gasteiger partial charge is 0.303 e. The zero-order chi connectivity index (χ0) is 23.0. The minimum atomic E-state index is -2.01. The average Bonchev–Trinajstić information content (AvgIpc) is 2.89. The van der Waals surface area contributed by atoms with Crippen LogP contribution in [-0.4, -0.2) is 51.7 Å². The number of allylic oxidation sites excluding steroid dienone is 4. The van der Waals surface area contributed by atoms with Crippen LogP contribution in [0.1, 0.15) is 53.4 Å². The molecule has 7 heteroatoms. The maximum absolute atomic E-state index is 17.0. The Morgan fingerprint density at radius 1 is 1.29 bits per heavy atom. The highest BCUT2D eigenvalue weighted by molar-refractivity contribution is 6.01. The van der Waals surface area contributed by atoms with Gasteiger partial charge in [0, 0.05) is 23.7 Å². The molecule has 0 aromatic rings. The first-order chi connectivity index (χ1) is 14.3. The topological polar surface area (TPSA) is 101 Å². The van der Waals surface area contributed by atoms with E-state index in [2.05, 4.69) is 0 Å². The molecule has 6 nitrogen and oxygen atoms in total. The second-order valence-corrected chi connectivity index (χ2v) is 10.4. The monoisotopic (exact) mass is 434 g/mol. The Hall–Kier alpha value is -1.86. The van der Waals surface area contributed by atoms with Crippen LogP contribution < -0.4 is 0 Å². The molecule has 4 aliphatic rings. The van der Waals surface area contributed by atoms with Crippen molar-refractivity contribution in [1.29, 1.82) is 0 Å². The van der Waals surface area contributed by atoms with Gasteiger partial charge in [-0.05, 0) is 56.6 Å². The van der Waals surface area contributed by atoms with Crippen LogP contribution in [0.2, 0.25) is 0 Å². The maximum Gasteiger partial charge on any atom is 0.303 e. The Labute approximate surface area is 181 Å². The number of ether oxygens (including phenoxy) is 1. The van der Waals surface area contributed by atoms with E-state index in [1.165, 1.54) is 19.1 Å². The van der Waals surface area contributed by atoms with Crippen LogP contribution in [0.5, 0.6) is 0 Å². The first kappa shape index (κ1) is 22.3. The molecule has 31 heavy (non-hydrogen) atoms. The summed E-state index contributed by atoms with van der Waals surface area (Å²) in [5.41, 5.74) is -5.33. The lowest BCUT2D eigenvalue weighted by atomic mass is 9.44. The third kappa shape index (κ3) is 2.65. The predicted octanol–water partition coefficient (Wildman–Crippen LogP) is 2.47. The van der Waals surface area contributed by atoms with Crippen LogP contribution in [0, 0.1) is 28.6 Å². The fourth-order valence-electron chi connectivity index (χ4n) is 7.42. The molecule has 0 aliphatic heterocycles. The second-order valence-electron chi connectivity index (χ2n) is 10.4. The van der Waals surface area contributed by atoms with Gasteiger partial charge in [0.15, 0.2) is 18.1 Å². The lowest BCUT2D eigenvalue weighted by molar-refractivity contribution is -0.219. The van der Waals surface area contributed by atoms with Gasteiger partial charge in [0.05, 0.1) is 6.10 Å². The molecule has 0 bridgehead atoms. The molecule has 0 aromatic heterocycles. The number of hydrogen-bond donors (Lipinski definition) is 2. The van der Waals surface area contributed by atoms with Gasteiger partial charge in [-0.3, -0.25) is 14.4 Å². The predicted molar refractivity (Wildman–Crippen MR) is 109 cm³/mol. The molecular formula is C24H31FO6. The number of fused-ring (bicyclic) bond motifs is 5. The summed E-state index contributed by atoms with van der Waals surface area (Å²) in [6, 6.07) is 0. The molecule has 3 fully saturated rings. The number of aliphatic hydroxyl groups excluding tert-OH is 1. The number of halogens is 1. The Morgan fingerprint density at radius 2 is 1.97 bits per heavy atom. The summed E-state index contributed by atoms with van der Waals surface area (Å²) in [5, 5.41) is 22.9. The normalized spacial score (nSPS) is 48.4. The molecule has 0 saturated heterocycles. The SMILES string of the molecule is CC(=O)OCC(=O)[C@@]1(O)[C@H](C)CC2[C@@H]3CCC4=CC(=O)C=C[C@]4(C)[C@@]3(F)C(O)C[C@@]21C. The van der Waals surface area contributed by atoms with Crippen LogP contribution in [0.3, 0.4) is 0 Å². The highest BCUT2D eigenvalue weighted by atomic mass is 19.1. The fourth-order valence-corrected chi connectivity index (χ4v) is 7.42. The van der Waals surface area contributed by atoms with Gasteiger partial charge in [0.1, 0.15) is 5.60 Å². The molecule has 8 atom stereocenters. The van der Waals surface area contributed by atoms with E-state index in [4.69, 9.17) is 4.74 Å². The summed E-state index contributed by atoms with van der Waals surface area (Å²) in [6.07, 6.45) is 4.29. The quantitative estimate of drug-likeness (QED) is 0.662. The van der Waals surface area contributed by atoms with Crippen molar-refractivity contribution in [3.05, 3.63) is 23.8 Å². The number of rotatable bonds is 3. The maximum atomic E-state index is 17.0. The summed E-state index contributed by atoms with van der Waals surface area (Å²) < 4.78 is 21.9. The number of alkyl halides is 1. The van der Waals surface area contributed by atoms with Crippen LogP contribution >= 0.6 is 0 Å². The molecule has 2 unspecified atom stereocenters.